The maximum atomic E-state index is 12.4. The molecule has 0 aliphatic rings. The van der Waals surface area contributed by atoms with E-state index in [2.05, 4.69) is 15.0 Å². The molecule has 0 atom stereocenters. The highest BCUT2D eigenvalue weighted by atomic mass is 35.5. The van der Waals surface area contributed by atoms with Crippen LogP contribution in [0.1, 0.15) is 5.69 Å². The van der Waals surface area contributed by atoms with E-state index in [0.29, 0.717) is 5.69 Å². The largest absolute Gasteiger partial charge is 0.433 e. The van der Waals surface area contributed by atoms with E-state index in [1.807, 2.05) is 0 Å². The number of H-pyrrole nitrogens is 1. The van der Waals surface area contributed by atoms with E-state index in [1.54, 1.807) is 18.3 Å². The number of hydrogen-bond donors (Lipinski definition) is 1. The van der Waals surface area contributed by atoms with Gasteiger partial charge in [0.2, 0.25) is 5.28 Å². The minimum absolute atomic E-state index is 0.109. The van der Waals surface area contributed by atoms with Crippen LogP contribution in [0.4, 0.5) is 13.2 Å². The molecule has 2 aromatic heterocycles. The summed E-state index contributed by atoms with van der Waals surface area (Å²) in [5, 5.41) is -0.431. The molecule has 0 saturated heterocycles. The van der Waals surface area contributed by atoms with Gasteiger partial charge in [-0.05, 0) is 29.8 Å². The van der Waals surface area contributed by atoms with Crippen molar-refractivity contribution >= 4 is 11.6 Å². The Kier molecular flexibility index (Phi) is 2.59. The van der Waals surface area contributed by atoms with Crippen LogP contribution in [0.15, 0.2) is 24.4 Å². The average molecular weight is 248 g/mol. The average Bonchev–Trinajstić information content (AvgIpc) is 2.68. The van der Waals surface area contributed by atoms with Crippen molar-refractivity contribution in [3.8, 4) is 11.4 Å². The van der Waals surface area contributed by atoms with Gasteiger partial charge < -0.3 is 4.98 Å². The molecule has 0 spiro atoms. The second-order valence-corrected chi connectivity index (χ2v) is 3.33. The Bertz CT molecular complexity index is 493. The molecule has 2 rings (SSSR count). The molecule has 0 fully saturated rings. The first kappa shape index (κ1) is 10.9. The third kappa shape index (κ3) is 2.16. The molecule has 0 radical (unpaired) electrons. The van der Waals surface area contributed by atoms with Gasteiger partial charge in [-0.3, -0.25) is 0 Å². The van der Waals surface area contributed by atoms with Crippen molar-refractivity contribution in [1.29, 1.82) is 0 Å². The fourth-order valence-corrected chi connectivity index (χ4v) is 1.37. The zero-order valence-electron chi connectivity index (χ0n) is 7.72. The molecule has 0 aliphatic heterocycles. The molecule has 16 heavy (non-hydrogen) atoms. The Morgan fingerprint density at radius 1 is 1.25 bits per heavy atom. The highest BCUT2D eigenvalue weighted by molar-refractivity contribution is 6.28. The van der Waals surface area contributed by atoms with Crippen molar-refractivity contribution in [2.75, 3.05) is 0 Å². The van der Waals surface area contributed by atoms with Gasteiger partial charge in [-0.2, -0.15) is 13.2 Å². The summed E-state index contributed by atoms with van der Waals surface area (Å²) in [6.45, 7) is 0. The van der Waals surface area contributed by atoms with Gasteiger partial charge in [-0.15, -0.1) is 0 Å². The normalized spacial score (nSPS) is 11.8. The van der Waals surface area contributed by atoms with Crippen molar-refractivity contribution in [3.05, 3.63) is 35.4 Å². The van der Waals surface area contributed by atoms with Crippen molar-refractivity contribution in [2.24, 2.45) is 0 Å². The first-order chi connectivity index (χ1) is 7.47. The Hall–Kier alpha value is -1.56. The molecule has 7 heteroatoms. The second-order valence-electron chi connectivity index (χ2n) is 2.99. The minimum Gasteiger partial charge on any atom is -0.360 e. The highest BCUT2D eigenvalue weighted by Gasteiger charge is 2.33. The van der Waals surface area contributed by atoms with Gasteiger partial charge in [0.1, 0.15) is 5.69 Å². The maximum Gasteiger partial charge on any atom is 0.433 e. The van der Waals surface area contributed by atoms with Crippen molar-refractivity contribution in [1.82, 2.24) is 15.0 Å². The van der Waals surface area contributed by atoms with Crippen LogP contribution in [-0.2, 0) is 6.18 Å². The van der Waals surface area contributed by atoms with E-state index in [-0.39, 0.29) is 5.69 Å². The SMILES string of the molecule is FC(F)(F)c1cc(-c2ccc[nH]2)nc(Cl)n1. The lowest BCUT2D eigenvalue weighted by Crippen LogP contribution is -2.09. The first-order valence-electron chi connectivity index (χ1n) is 4.22. The van der Waals surface area contributed by atoms with E-state index in [9.17, 15) is 13.2 Å². The van der Waals surface area contributed by atoms with Crippen LogP contribution in [0, 0.1) is 0 Å². The van der Waals surface area contributed by atoms with Crippen LogP contribution in [0.25, 0.3) is 11.4 Å². The highest BCUT2D eigenvalue weighted by Crippen LogP contribution is 2.30. The van der Waals surface area contributed by atoms with Gasteiger partial charge >= 0.3 is 6.18 Å². The molecule has 0 aromatic carbocycles. The minimum atomic E-state index is -4.53. The maximum absolute atomic E-state index is 12.4. The monoisotopic (exact) mass is 247 g/mol. The summed E-state index contributed by atoms with van der Waals surface area (Å²) in [5.41, 5.74) is -0.496. The predicted molar refractivity (Wildman–Crippen MR) is 51.8 cm³/mol. The number of hydrogen-bond acceptors (Lipinski definition) is 2. The van der Waals surface area contributed by atoms with Crippen LogP contribution < -0.4 is 0 Å². The number of nitrogens with zero attached hydrogens (tertiary/aromatic N) is 2. The summed E-state index contributed by atoms with van der Waals surface area (Å²) in [7, 11) is 0. The molecular formula is C9H5ClF3N3. The third-order valence-electron chi connectivity index (χ3n) is 1.86. The lowest BCUT2D eigenvalue weighted by Gasteiger charge is -2.07. The van der Waals surface area contributed by atoms with Crippen LogP contribution >= 0.6 is 11.6 Å². The van der Waals surface area contributed by atoms with Gasteiger partial charge in [-0.1, -0.05) is 0 Å². The third-order valence-corrected chi connectivity index (χ3v) is 2.03. The molecule has 84 valence electrons. The molecule has 3 nitrogen and oxygen atoms in total. The Balaban J connectivity index is 2.53. The molecule has 2 heterocycles. The molecule has 0 amide bonds. The zero-order valence-corrected chi connectivity index (χ0v) is 8.47. The molecule has 1 N–H and O–H groups in total. The fourth-order valence-electron chi connectivity index (χ4n) is 1.19. The van der Waals surface area contributed by atoms with E-state index in [1.165, 1.54) is 0 Å². The van der Waals surface area contributed by atoms with E-state index in [4.69, 9.17) is 11.6 Å². The number of rotatable bonds is 1. The molecule has 0 saturated carbocycles. The quantitative estimate of drug-likeness (QED) is 0.787. The van der Waals surface area contributed by atoms with Gasteiger partial charge in [0.25, 0.3) is 0 Å². The molecule has 0 aliphatic carbocycles. The summed E-state index contributed by atoms with van der Waals surface area (Å²) in [6.07, 6.45) is -2.95. The van der Waals surface area contributed by atoms with Crippen LogP contribution in [0.3, 0.4) is 0 Å². The molecule has 2 aromatic rings. The second kappa shape index (κ2) is 3.79. The lowest BCUT2D eigenvalue weighted by atomic mass is 10.2. The van der Waals surface area contributed by atoms with Gasteiger partial charge in [-0.25, -0.2) is 9.97 Å². The molecular weight excluding hydrogens is 243 g/mol. The number of nitrogens with one attached hydrogen (secondary N) is 1. The van der Waals surface area contributed by atoms with Crippen molar-refractivity contribution in [3.63, 3.8) is 0 Å². The molecule has 0 unspecified atom stereocenters. The van der Waals surface area contributed by atoms with Crippen LogP contribution in [0.2, 0.25) is 5.28 Å². The van der Waals surface area contributed by atoms with Crippen LogP contribution in [0.5, 0.6) is 0 Å². The summed E-state index contributed by atoms with van der Waals surface area (Å²) in [4.78, 5) is 9.59. The smallest absolute Gasteiger partial charge is 0.360 e. The summed E-state index contributed by atoms with van der Waals surface area (Å²) in [5.74, 6) is 0. The van der Waals surface area contributed by atoms with Crippen molar-refractivity contribution < 1.29 is 13.2 Å². The fraction of sp³-hybridized carbons (Fsp3) is 0.111. The van der Waals surface area contributed by atoms with Crippen molar-refractivity contribution in [2.45, 2.75) is 6.18 Å². The number of aromatic nitrogens is 3. The molecule has 0 bridgehead atoms. The number of alkyl halides is 3. The van der Waals surface area contributed by atoms with E-state index >= 15 is 0 Å². The topological polar surface area (TPSA) is 41.6 Å². The Morgan fingerprint density at radius 2 is 2.00 bits per heavy atom. The van der Waals surface area contributed by atoms with E-state index < -0.39 is 17.2 Å². The lowest BCUT2D eigenvalue weighted by molar-refractivity contribution is -0.141. The Morgan fingerprint density at radius 3 is 2.56 bits per heavy atom. The number of halogens is 4. The summed E-state index contributed by atoms with van der Waals surface area (Å²) in [6, 6.07) is 4.09. The zero-order chi connectivity index (χ0) is 11.8. The van der Waals surface area contributed by atoms with Crippen LogP contribution in [-0.4, -0.2) is 15.0 Å². The van der Waals surface area contributed by atoms with Gasteiger partial charge in [0.15, 0.2) is 0 Å². The predicted octanol–water partition coefficient (Wildman–Crippen LogP) is 3.14. The first-order valence-corrected chi connectivity index (χ1v) is 4.60. The van der Waals surface area contributed by atoms with E-state index in [0.717, 1.165) is 6.07 Å². The summed E-state index contributed by atoms with van der Waals surface area (Å²) < 4.78 is 37.3. The van der Waals surface area contributed by atoms with Gasteiger partial charge in [0.05, 0.1) is 11.4 Å². The number of aromatic amines is 1. The van der Waals surface area contributed by atoms with Gasteiger partial charge in [0, 0.05) is 6.20 Å². The standard InChI is InChI=1S/C9H5ClF3N3/c10-8-15-6(5-2-1-3-14-5)4-7(16-8)9(11,12)13/h1-4,14H. The Labute approximate surface area is 93.3 Å². The summed E-state index contributed by atoms with van der Waals surface area (Å²) >= 11 is 5.44.